The van der Waals surface area contributed by atoms with Gasteiger partial charge in [0.25, 0.3) is 5.91 Å². The molecule has 3 N–H and O–H groups in total. The third-order valence-electron chi connectivity index (χ3n) is 2.62. The average Bonchev–Trinajstić information content (AvgIpc) is 2.72. The quantitative estimate of drug-likeness (QED) is 0.772. The number of aromatic nitrogens is 1. The molecule has 2 aromatic rings. The maximum absolute atomic E-state index is 12.0. The van der Waals surface area contributed by atoms with Crippen LogP contribution in [0.1, 0.15) is 17.3 Å². The molecule has 1 aromatic carbocycles. The molecule has 0 aliphatic rings. The normalized spacial score (nSPS) is 12.7. The number of aliphatic hydroxyl groups is 1. The summed E-state index contributed by atoms with van der Waals surface area (Å²) in [5.74, 6) is -0.197. The van der Waals surface area contributed by atoms with E-state index < -0.39 is 0 Å². The van der Waals surface area contributed by atoms with Gasteiger partial charge in [-0.1, -0.05) is 0 Å². The van der Waals surface area contributed by atoms with E-state index in [0.717, 1.165) is 19.8 Å². The standard InChI is InChI=1S/C12H12Br2N2O2/c1-6(5-17)16-12(18)8-4-15-11-3-10(14)9(13)2-7(8)11/h2-4,6,15,17H,5H2,1H3,(H,16,18). The van der Waals surface area contributed by atoms with Crippen molar-refractivity contribution in [1.82, 2.24) is 10.3 Å². The largest absolute Gasteiger partial charge is 0.394 e. The van der Waals surface area contributed by atoms with Crippen molar-refractivity contribution < 1.29 is 9.90 Å². The molecule has 0 saturated heterocycles. The highest BCUT2D eigenvalue weighted by Gasteiger charge is 2.15. The third-order valence-corrected chi connectivity index (χ3v) is 4.46. The number of rotatable bonds is 3. The van der Waals surface area contributed by atoms with Crippen LogP contribution in [-0.4, -0.2) is 28.6 Å². The number of aliphatic hydroxyl groups excluding tert-OH is 1. The minimum Gasteiger partial charge on any atom is -0.394 e. The molecule has 0 aliphatic heterocycles. The first-order valence-corrected chi connectivity index (χ1v) is 6.99. The van der Waals surface area contributed by atoms with Gasteiger partial charge in [-0.3, -0.25) is 4.79 Å². The van der Waals surface area contributed by atoms with Gasteiger partial charge in [0.2, 0.25) is 0 Å². The van der Waals surface area contributed by atoms with E-state index in [0.29, 0.717) is 5.56 Å². The van der Waals surface area contributed by atoms with Crippen molar-refractivity contribution in [3.05, 3.63) is 32.8 Å². The molecule has 0 aliphatic carbocycles. The summed E-state index contributed by atoms with van der Waals surface area (Å²) < 4.78 is 1.81. The highest BCUT2D eigenvalue weighted by molar-refractivity contribution is 9.13. The molecule has 0 spiro atoms. The molecule has 1 amide bonds. The molecule has 0 bridgehead atoms. The molecule has 2 rings (SSSR count). The molecule has 4 nitrogen and oxygen atoms in total. The van der Waals surface area contributed by atoms with Crippen molar-refractivity contribution >= 4 is 48.7 Å². The smallest absolute Gasteiger partial charge is 0.253 e. The molecule has 1 heterocycles. The Morgan fingerprint density at radius 2 is 2.11 bits per heavy atom. The van der Waals surface area contributed by atoms with Crippen LogP contribution in [0.4, 0.5) is 0 Å². The Hall–Kier alpha value is -0.850. The second-order valence-electron chi connectivity index (χ2n) is 4.07. The zero-order valence-corrected chi connectivity index (χ0v) is 12.8. The van der Waals surface area contributed by atoms with Gasteiger partial charge in [-0.05, 0) is 50.9 Å². The number of benzene rings is 1. The van der Waals surface area contributed by atoms with Gasteiger partial charge in [-0.2, -0.15) is 0 Å². The number of fused-ring (bicyclic) bond motifs is 1. The number of amides is 1. The van der Waals surface area contributed by atoms with E-state index in [-0.39, 0.29) is 18.6 Å². The Morgan fingerprint density at radius 1 is 1.44 bits per heavy atom. The fourth-order valence-corrected chi connectivity index (χ4v) is 2.34. The fourth-order valence-electron chi connectivity index (χ4n) is 1.65. The number of aromatic amines is 1. The monoisotopic (exact) mass is 374 g/mol. The molecule has 1 atom stereocenters. The molecular formula is C12H12Br2N2O2. The second kappa shape index (κ2) is 5.42. The Bertz CT molecular complexity index is 595. The highest BCUT2D eigenvalue weighted by atomic mass is 79.9. The maximum atomic E-state index is 12.0. The Morgan fingerprint density at radius 3 is 2.78 bits per heavy atom. The number of hydrogen-bond donors (Lipinski definition) is 3. The molecule has 0 fully saturated rings. The number of carbonyl (C=O) groups is 1. The van der Waals surface area contributed by atoms with Gasteiger partial charge in [-0.25, -0.2) is 0 Å². The third kappa shape index (κ3) is 2.60. The van der Waals surface area contributed by atoms with Crippen LogP contribution >= 0.6 is 31.9 Å². The van der Waals surface area contributed by atoms with Crippen LogP contribution in [0, 0.1) is 0 Å². The van der Waals surface area contributed by atoms with E-state index in [1.54, 1.807) is 13.1 Å². The van der Waals surface area contributed by atoms with Crippen LogP contribution in [0.3, 0.4) is 0 Å². The lowest BCUT2D eigenvalue weighted by atomic mass is 10.1. The molecule has 96 valence electrons. The fraction of sp³-hybridized carbons (Fsp3) is 0.250. The molecule has 6 heteroatoms. The number of H-pyrrole nitrogens is 1. The summed E-state index contributed by atoms with van der Waals surface area (Å²) in [4.78, 5) is 15.1. The first-order valence-electron chi connectivity index (χ1n) is 5.40. The maximum Gasteiger partial charge on any atom is 0.253 e. The molecule has 1 aromatic heterocycles. The summed E-state index contributed by atoms with van der Waals surface area (Å²) in [7, 11) is 0. The van der Waals surface area contributed by atoms with Crippen molar-refractivity contribution in [2.45, 2.75) is 13.0 Å². The van der Waals surface area contributed by atoms with Crippen molar-refractivity contribution in [1.29, 1.82) is 0 Å². The molecule has 0 radical (unpaired) electrons. The molecule has 1 unspecified atom stereocenters. The van der Waals surface area contributed by atoms with Gasteiger partial charge in [0.05, 0.1) is 12.2 Å². The van der Waals surface area contributed by atoms with E-state index >= 15 is 0 Å². The molecule has 18 heavy (non-hydrogen) atoms. The van der Waals surface area contributed by atoms with Gasteiger partial charge >= 0.3 is 0 Å². The van der Waals surface area contributed by atoms with Crippen molar-refractivity contribution in [2.24, 2.45) is 0 Å². The zero-order valence-electron chi connectivity index (χ0n) is 9.63. The molecular weight excluding hydrogens is 364 g/mol. The zero-order chi connectivity index (χ0) is 13.3. The predicted molar refractivity (Wildman–Crippen MR) is 77.7 cm³/mol. The number of carbonyl (C=O) groups excluding carboxylic acids is 1. The first-order chi connectivity index (χ1) is 8.52. The number of nitrogens with one attached hydrogen (secondary N) is 2. The summed E-state index contributed by atoms with van der Waals surface area (Å²) in [6, 6.07) is 3.53. The summed E-state index contributed by atoms with van der Waals surface area (Å²) in [6.07, 6.45) is 1.67. The van der Waals surface area contributed by atoms with Crippen LogP contribution in [0.25, 0.3) is 10.9 Å². The summed E-state index contributed by atoms with van der Waals surface area (Å²) >= 11 is 6.83. The van der Waals surface area contributed by atoms with Crippen molar-refractivity contribution in [3.8, 4) is 0 Å². The Labute approximate surface area is 121 Å². The van der Waals surface area contributed by atoms with E-state index in [1.165, 1.54) is 0 Å². The van der Waals surface area contributed by atoms with Crippen molar-refractivity contribution in [3.63, 3.8) is 0 Å². The van der Waals surface area contributed by atoms with E-state index in [4.69, 9.17) is 5.11 Å². The van der Waals surface area contributed by atoms with Gasteiger partial charge < -0.3 is 15.4 Å². The number of hydrogen-bond acceptors (Lipinski definition) is 2. The number of halogens is 2. The van der Waals surface area contributed by atoms with Crippen LogP contribution in [0.5, 0.6) is 0 Å². The summed E-state index contributed by atoms with van der Waals surface area (Å²) in [5, 5.41) is 12.5. The Kier molecular flexibility index (Phi) is 4.09. The lowest BCUT2D eigenvalue weighted by Gasteiger charge is -2.10. The Balaban J connectivity index is 2.40. The minimum absolute atomic E-state index is 0.0800. The van der Waals surface area contributed by atoms with Gasteiger partial charge in [-0.15, -0.1) is 0 Å². The lowest BCUT2D eigenvalue weighted by molar-refractivity contribution is 0.0924. The summed E-state index contributed by atoms with van der Waals surface area (Å²) in [5.41, 5.74) is 1.45. The predicted octanol–water partition coefficient (Wildman–Crippen LogP) is 2.80. The van der Waals surface area contributed by atoms with Crippen LogP contribution < -0.4 is 5.32 Å². The average molecular weight is 376 g/mol. The van der Waals surface area contributed by atoms with Crippen LogP contribution in [0.15, 0.2) is 27.3 Å². The SMILES string of the molecule is CC(CO)NC(=O)c1c[nH]c2cc(Br)c(Br)cc12. The van der Waals surface area contributed by atoms with E-state index in [9.17, 15) is 4.79 Å². The minimum atomic E-state index is -0.263. The van der Waals surface area contributed by atoms with Gasteiger partial charge in [0, 0.05) is 32.1 Å². The van der Waals surface area contributed by atoms with Gasteiger partial charge in [0.15, 0.2) is 0 Å². The van der Waals surface area contributed by atoms with Crippen molar-refractivity contribution in [2.75, 3.05) is 6.61 Å². The van der Waals surface area contributed by atoms with E-state index in [1.807, 2.05) is 12.1 Å². The van der Waals surface area contributed by atoms with Crippen LogP contribution in [0.2, 0.25) is 0 Å². The van der Waals surface area contributed by atoms with Gasteiger partial charge in [0.1, 0.15) is 0 Å². The topological polar surface area (TPSA) is 65.1 Å². The van der Waals surface area contributed by atoms with Crippen LogP contribution in [-0.2, 0) is 0 Å². The molecule has 0 saturated carbocycles. The highest BCUT2D eigenvalue weighted by Crippen LogP contribution is 2.30. The summed E-state index contributed by atoms with van der Waals surface area (Å²) in [6.45, 7) is 1.67. The lowest BCUT2D eigenvalue weighted by Crippen LogP contribution is -2.34. The first kappa shape index (κ1) is 13.6. The van der Waals surface area contributed by atoms with E-state index in [2.05, 4.69) is 42.2 Å². The second-order valence-corrected chi connectivity index (χ2v) is 5.78.